The molecule has 1 unspecified atom stereocenters. The summed E-state index contributed by atoms with van der Waals surface area (Å²) in [7, 11) is 0. The van der Waals surface area contributed by atoms with E-state index in [-0.39, 0.29) is 29.9 Å². The van der Waals surface area contributed by atoms with Crippen LogP contribution in [-0.2, 0) is 9.59 Å². The molecule has 1 aliphatic carbocycles. The van der Waals surface area contributed by atoms with Crippen molar-refractivity contribution in [1.82, 2.24) is 5.32 Å². The highest BCUT2D eigenvalue weighted by Crippen LogP contribution is 2.13. The largest absolute Gasteiger partial charge is 0.512 e. The zero-order chi connectivity index (χ0) is 9.14. The number of hydrogen-bond donors (Lipinski definition) is 2. The highest BCUT2D eigenvalue weighted by atomic mass is 16.3. The normalized spacial score (nSPS) is 23.2. The van der Waals surface area contributed by atoms with Gasteiger partial charge in [-0.15, -0.1) is 0 Å². The molecule has 1 amide bonds. The number of carbonyl (C=O) groups excluding carboxylic acids is 2. The zero-order valence-corrected chi connectivity index (χ0v) is 6.83. The van der Waals surface area contributed by atoms with Crippen LogP contribution in [0.25, 0.3) is 0 Å². The Morgan fingerprint density at radius 2 is 2.33 bits per heavy atom. The number of aliphatic hydroxyl groups is 1. The van der Waals surface area contributed by atoms with Crippen molar-refractivity contribution in [3.63, 3.8) is 0 Å². The third-order valence-corrected chi connectivity index (χ3v) is 1.64. The Balaban J connectivity index is 2.55. The average Bonchev–Trinajstić information content (AvgIpc) is 1.81. The summed E-state index contributed by atoms with van der Waals surface area (Å²) in [5, 5.41) is 11.6. The van der Waals surface area contributed by atoms with E-state index in [0.717, 1.165) is 0 Å². The van der Waals surface area contributed by atoms with Gasteiger partial charge in [0.15, 0.2) is 5.78 Å². The van der Waals surface area contributed by atoms with Crippen molar-refractivity contribution in [2.45, 2.75) is 25.8 Å². The molecule has 0 fully saturated rings. The van der Waals surface area contributed by atoms with Gasteiger partial charge >= 0.3 is 0 Å². The smallest absolute Gasteiger partial charge is 0.217 e. The molecule has 1 rings (SSSR count). The fraction of sp³-hybridized carbons (Fsp3) is 0.500. The first-order valence-electron chi connectivity index (χ1n) is 3.77. The molecular weight excluding hydrogens is 158 g/mol. The standard InChI is InChI=1S/C8H11NO3/c1-5(10)9-6-2-7(11)4-8(12)3-6/h4,6,11H,2-3H2,1H3,(H,9,10). The van der Waals surface area contributed by atoms with Crippen molar-refractivity contribution in [1.29, 1.82) is 0 Å². The van der Waals surface area contributed by atoms with Gasteiger partial charge in [0.05, 0.1) is 5.76 Å². The summed E-state index contributed by atoms with van der Waals surface area (Å²) in [6.45, 7) is 1.39. The predicted octanol–water partition coefficient (Wildman–Crippen LogP) is 0.296. The van der Waals surface area contributed by atoms with Gasteiger partial charge in [0.2, 0.25) is 5.91 Å². The first-order valence-corrected chi connectivity index (χ1v) is 3.77. The monoisotopic (exact) mass is 169 g/mol. The third kappa shape index (κ3) is 2.38. The number of aliphatic hydroxyl groups excluding tert-OH is 1. The molecule has 0 radical (unpaired) electrons. The zero-order valence-electron chi connectivity index (χ0n) is 6.83. The topological polar surface area (TPSA) is 66.4 Å². The number of allylic oxidation sites excluding steroid dienone is 1. The van der Waals surface area contributed by atoms with E-state index in [2.05, 4.69) is 5.32 Å². The second-order valence-electron chi connectivity index (χ2n) is 2.91. The molecule has 12 heavy (non-hydrogen) atoms. The second-order valence-corrected chi connectivity index (χ2v) is 2.91. The van der Waals surface area contributed by atoms with E-state index < -0.39 is 0 Å². The second kappa shape index (κ2) is 3.38. The molecule has 1 aliphatic rings. The van der Waals surface area contributed by atoms with Gasteiger partial charge in [0.1, 0.15) is 0 Å². The van der Waals surface area contributed by atoms with E-state index in [9.17, 15) is 9.59 Å². The van der Waals surface area contributed by atoms with Gasteiger partial charge in [-0.2, -0.15) is 0 Å². The first kappa shape index (κ1) is 8.77. The van der Waals surface area contributed by atoms with E-state index in [1.807, 2.05) is 0 Å². The molecule has 66 valence electrons. The lowest BCUT2D eigenvalue weighted by atomic mass is 9.99. The summed E-state index contributed by atoms with van der Waals surface area (Å²) < 4.78 is 0. The Morgan fingerprint density at radius 1 is 1.67 bits per heavy atom. The Morgan fingerprint density at radius 3 is 2.83 bits per heavy atom. The number of hydrogen-bond acceptors (Lipinski definition) is 3. The predicted molar refractivity (Wildman–Crippen MR) is 42.6 cm³/mol. The Bertz CT molecular complexity index is 245. The summed E-state index contributed by atoms with van der Waals surface area (Å²) in [5.41, 5.74) is 0. The number of amides is 1. The highest BCUT2D eigenvalue weighted by molar-refractivity contribution is 5.91. The Kier molecular flexibility index (Phi) is 2.47. The molecule has 0 aliphatic heterocycles. The SMILES string of the molecule is CC(=O)NC1CC(=O)C=C(O)C1. The van der Waals surface area contributed by atoms with E-state index >= 15 is 0 Å². The van der Waals surface area contributed by atoms with Crippen LogP contribution in [0.1, 0.15) is 19.8 Å². The molecule has 4 nitrogen and oxygen atoms in total. The van der Waals surface area contributed by atoms with Crippen molar-refractivity contribution >= 4 is 11.7 Å². The van der Waals surface area contributed by atoms with Crippen LogP contribution in [0, 0.1) is 0 Å². The van der Waals surface area contributed by atoms with Gasteiger partial charge in [0.25, 0.3) is 0 Å². The molecule has 0 saturated heterocycles. The molecule has 0 aromatic rings. The van der Waals surface area contributed by atoms with Gasteiger partial charge in [0, 0.05) is 31.9 Å². The maximum Gasteiger partial charge on any atom is 0.217 e. The summed E-state index contributed by atoms with van der Waals surface area (Å²) in [5.74, 6) is -0.273. The molecule has 1 atom stereocenters. The summed E-state index contributed by atoms with van der Waals surface area (Å²) in [6.07, 6.45) is 1.84. The quantitative estimate of drug-likeness (QED) is 0.593. The summed E-state index contributed by atoms with van der Waals surface area (Å²) in [4.78, 5) is 21.5. The van der Waals surface area contributed by atoms with Crippen LogP contribution in [0.3, 0.4) is 0 Å². The molecule has 0 aromatic heterocycles. The van der Waals surface area contributed by atoms with Crippen LogP contribution in [0.4, 0.5) is 0 Å². The van der Waals surface area contributed by atoms with Gasteiger partial charge in [-0.05, 0) is 0 Å². The van der Waals surface area contributed by atoms with Crippen molar-refractivity contribution in [2.75, 3.05) is 0 Å². The van der Waals surface area contributed by atoms with E-state index in [0.29, 0.717) is 6.42 Å². The van der Waals surface area contributed by atoms with Gasteiger partial charge in [-0.3, -0.25) is 9.59 Å². The highest BCUT2D eigenvalue weighted by Gasteiger charge is 2.20. The van der Waals surface area contributed by atoms with E-state index in [4.69, 9.17) is 5.11 Å². The molecule has 0 saturated carbocycles. The lowest BCUT2D eigenvalue weighted by Gasteiger charge is -2.19. The summed E-state index contributed by atoms with van der Waals surface area (Å²) in [6, 6.07) is -0.236. The number of carbonyl (C=O) groups is 2. The average molecular weight is 169 g/mol. The summed E-state index contributed by atoms with van der Waals surface area (Å²) >= 11 is 0. The lowest BCUT2D eigenvalue weighted by molar-refractivity contribution is -0.120. The fourth-order valence-electron chi connectivity index (χ4n) is 1.26. The molecule has 2 N–H and O–H groups in total. The maximum absolute atomic E-state index is 10.9. The maximum atomic E-state index is 10.9. The van der Waals surface area contributed by atoms with Gasteiger partial charge < -0.3 is 10.4 Å². The molecule has 0 heterocycles. The van der Waals surface area contributed by atoms with Crippen LogP contribution < -0.4 is 5.32 Å². The van der Waals surface area contributed by atoms with E-state index in [1.165, 1.54) is 13.0 Å². The third-order valence-electron chi connectivity index (χ3n) is 1.64. The van der Waals surface area contributed by atoms with Crippen molar-refractivity contribution in [3.8, 4) is 0 Å². The van der Waals surface area contributed by atoms with Crippen LogP contribution in [0.2, 0.25) is 0 Å². The van der Waals surface area contributed by atoms with Crippen molar-refractivity contribution in [2.24, 2.45) is 0 Å². The number of rotatable bonds is 1. The van der Waals surface area contributed by atoms with Gasteiger partial charge in [-0.25, -0.2) is 0 Å². The van der Waals surface area contributed by atoms with Crippen LogP contribution in [0.5, 0.6) is 0 Å². The van der Waals surface area contributed by atoms with Crippen LogP contribution in [0.15, 0.2) is 11.8 Å². The molecular formula is C8H11NO3. The lowest BCUT2D eigenvalue weighted by Crippen LogP contribution is -2.36. The Labute approximate surface area is 70.3 Å². The minimum absolute atomic E-state index is 0.0463. The first-order chi connectivity index (χ1) is 5.58. The number of ketones is 1. The fourth-order valence-corrected chi connectivity index (χ4v) is 1.26. The molecule has 4 heteroatoms. The minimum Gasteiger partial charge on any atom is -0.512 e. The van der Waals surface area contributed by atoms with Crippen molar-refractivity contribution < 1.29 is 14.7 Å². The molecule has 0 aromatic carbocycles. The molecule has 0 bridgehead atoms. The van der Waals surface area contributed by atoms with E-state index in [1.54, 1.807) is 0 Å². The Hall–Kier alpha value is -1.32. The molecule has 0 spiro atoms. The van der Waals surface area contributed by atoms with Crippen LogP contribution in [-0.4, -0.2) is 22.8 Å². The minimum atomic E-state index is -0.236. The number of nitrogens with one attached hydrogen (secondary N) is 1. The van der Waals surface area contributed by atoms with Gasteiger partial charge in [-0.1, -0.05) is 0 Å². The van der Waals surface area contributed by atoms with Crippen molar-refractivity contribution in [3.05, 3.63) is 11.8 Å². The van der Waals surface area contributed by atoms with Crippen LogP contribution >= 0.6 is 0 Å².